The molecule has 1 aliphatic rings. The number of benzene rings is 3. The average Bonchev–Trinajstić information content (AvgIpc) is 3.42. The summed E-state index contributed by atoms with van der Waals surface area (Å²) >= 11 is 0. The van der Waals surface area contributed by atoms with E-state index in [9.17, 15) is 9.59 Å². The summed E-state index contributed by atoms with van der Waals surface area (Å²) in [6.45, 7) is 1.08. The molecule has 0 heterocycles. The van der Waals surface area contributed by atoms with Crippen LogP contribution in [0.4, 0.5) is 16.2 Å². The minimum absolute atomic E-state index is 0.0263. The maximum Gasteiger partial charge on any atom is 0.318 e. The van der Waals surface area contributed by atoms with Gasteiger partial charge in [0.15, 0.2) is 0 Å². The van der Waals surface area contributed by atoms with Crippen LogP contribution in [0.25, 0.3) is 6.08 Å². The molecule has 4 rings (SSSR count). The van der Waals surface area contributed by atoms with Crippen LogP contribution in [-0.2, 0) is 17.9 Å². The maximum atomic E-state index is 13.1. The molecule has 1 saturated carbocycles. The Kier molecular flexibility index (Phi) is 8.17. The molecule has 0 aromatic heterocycles. The summed E-state index contributed by atoms with van der Waals surface area (Å²) in [5, 5.41) is 5.87. The van der Waals surface area contributed by atoms with Crippen LogP contribution >= 0.6 is 0 Å². The first-order valence-electron chi connectivity index (χ1n) is 12.1. The Hall–Kier alpha value is -4.06. The molecule has 3 amide bonds. The maximum absolute atomic E-state index is 13.1. The molecule has 180 valence electrons. The molecular weight excluding hydrogens is 436 g/mol. The Bertz CT molecular complexity index is 1150. The summed E-state index contributed by atoms with van der Waals surface area (Å²) in [6.07, 6.45) is 7.66. The molecule has 0 aliphatic heterocycles. The van der Waals surface area contributed by atoms with Gasteiger partial charge in [-0.15, -0.1) is 0 Å². The van der Waals surface area contributed by atoms with Gasteiger partial charge < -0.3 is 21.3 Å². The third-order valence-electron chi connectivity index (χ3n) is 6.29. The molecule has 6 heteroatoms. The van der Waals surface area contributed by atoms with E-state index in [0.717, 1.165) is 42.4 Å². The second kappa shape index (κ2) is 11.9. The lowest BCUT2D eigenvalue weighted by Crippen LogP contribution is -2.44. The van der Waals surface area contributed by atoms with Crippen LogP contribution in [0.1, 0.15) is 42.4 Å². The second-order valence-corrected chi connectivity index (χ2v) is 8.86. The monoisotopic (exact) mass is 468 g/mol. The third kappa shape index (κ3) is 6.96. The molecule has 0 spiro atoms. The zero-order valence-electron chi connectivity index (χ0n) is 19.8. The molecule has 0 unspecified atom stereocenters. The van der Waals surface area contributed by atoms with Gasteiger partial charge in [-0.25, -0.2) is 4.79 Å². The molecule has 0 saturated heterocycles. The van der Waals surface area contributed by atoms with E-state index in [0.29, 0.717) is 24.5 Å². The number of nitrogen functional groups attached to an aromatic ring is 1. The van der Waals surface area contributed by atoms with E-state index in [1.165, 1.54) is 6.08 Å². The first-order chi connectivity index (χ1) is 17.1. The number of para-hydroxylation sites is 2. The van der Waals surface area contributed by atoms with Crippen LogP contribution in [0.2, 0.25) is 0 Å². The van der Waals surface area contributed by atoms with Crippen molar-refractivity contribution in [2.75, 3.05) is 11.1 Å². The van der Waals surface area contributed by atoms with E-state index in [1.54, 1.807) is 18.2 Å². The number of anilines is 2. The Morgan fingerprint density at radius 3 is 2.29 bits per heavy atom. The zero-order chi connectivity index (χ0) is 24.5. The molecule has 0 atom stereocenters. The summed E-state index contributed by atoms with van der Waals surface area (Å²) in [5.41, 5.74) is 10.0. The Morgan fingerprint density at radius 1 is 0.886 bits per heavy atom. The fourth-order valence-corrected chi connectivity index (χ4v) is 4.35. The Labute approximate surface area is 206 Å². The number of hydrogen-bond acceptors (Lipinski definition) is 3. The topological polar surface area (TPSA) is 87.5 Å². The second-order valence-electron chi connectivity index (χ2n) is 8.86. The van der Waals surface area contributed by atoms with Crippen LogP contribution in [0, 0.1) is 0 Å². The van der Waals surface area contributed by atoms with Crippen LogP contribution in [0.3, 0.4) is 0 Å². The predicted octanol–water partition coefficient (Wildman–Crippen LogP) is 5.58. The number of hydrogen-bond donors (Lipinski definition) is 3. The van der Waals surface area contributed by atoms with Gasteiger partial charge in [0.1, 0.15) is 0 Å². The molecule has 0 radical (unpaired) electrons. The van der Waals surface area contributed by atoms with E-state index in [1.807, 2.05) is 71.6 Å². The molecule has 0 bridgehead atoms. The quantitative estimate of drug-likeness (QED) is 0.298. The lowest BCUT2D eigenvalue weighted by molar-refractivity contribution is -0.111. The van der Waals surface area contributed by atoms with Gasteiger partial charge in [-0.05, 0) is 47.7 Å². The normalized spacial score (nSPS) is 13.6. The summed E-state index contributed by atoms with van der Waals surface area (Å²) in [7, 11) is 0. The largest absolute Gasteiger partial charge is 0.397 e. The van der Waals surface area contributed by atoms with Crippen molar-refractivity contribution in [2.24, 2.45) is 0 Å². The molecule has 1 aliphatic carbocycles. The number of amides is 3. The average molecular weight is 469 g/mol. The summed E-state index contributed by atoms with van der Waals surface area (Å²) in [4.78, 5) is 27.3. The van der Waals surface area contributed by atoms with Crippen molar-refractivity contribution >= 4 is 29.4 Å². The number of urea groups is 1. The van der Waals surface area contributed by atoms with Crippen LogP contribution < -0.4 is 16.4 Å². The van der Waals surface area contributed by atoms with Crippen LogP contribution in [0.15, 0.2) is 84.9 Å². The SMILES string of the molecule is Nc1ccccc1NC(=O)/C=C/c1ccc(CN(C(=O)NCc2ccccc2)C2CCCC2)cc1. The van der Waals surface area contributed by atoms with Gasteiger partial charge in [0.2, 0.25) is 5.91 Å². The molecule has 35 heavy (non-hydrogen) atoms. The summed E-state index contributed by atoms with van der Waals surface area (Å²) < 4.78 is 0. The fourth-order valence-electron chi connectivity index (χ4n) is 4.35. The molecule has 1 fully saturated rings. The van der Waals surface area contributed by atoms with E-state index < -0.39 is 0 Å². The van der Waals surface area contributed by atoms with Crippen LogP contribution in [-0.4, -0.2) is 22.9 Å². The standard InChI is InChI=1S/C29H32N4O2/c30-26-12-6-7-13-27(26)32-28(34)19-18-22-14-16-24(17-15-22)21-33(25-10-4-5-11-25)29(35)31-20-23-8-2-1-3-9-23/h1-3,6-9,12-19,25H,4-5,10-11,20-21,30H2,(H,31,35)(H,32,34)/b19-18+. The highest BCUT2D eigenvalue weighted by molar-refractivity contribution is 6.03. The van der Waals surface area contributed by atoms with Gasteiger partial charge in [0, 0.05) is 25.2 Å². The number of carbonyl (C=O) groups is 2. The molecule has 3 aromatic carbocycles. The van der Waals surface area contributed by atoms with Crippen molar-refractivity contribution in [2.45, 2.75) is 44.8 Å². The number of carbonyl (C=O) groups excluding carboxylic acids is 2. The lowest BCUT2D eigenvalue weighted by atomic mass is 10.1. The minimum Gasteiger partial charge on any atom is -0.397 e. The first-order valence-corrected chi connectivity index (χ1v) is 12.1. The number of nitrogens with zero attached hydrogens (tertiary/aromatic N) is 1. The van der Waals surface area contributed by atoms with Gasteiger partial charge in [0.05, 0.1) is 11.4 Å². The van der Waals surface area contributed by atoms with Crippen molar-refractivity contribution < 1.29 is 9.59 Å². The minimum atomic E-state index is -0.241. The predicted molar refractivity (Wildman–Crippen MR) is 141 cm³/mol. The van der Waals surface area contributed by atoms with Gasteiger partial charge in [-0.2, -0.15) is 0 Å². The van der Waals surface area contributed by atoms with E-state index in [-0.39, 0.29) is 18.0 Å². The molecule has 6 nitrogen and oxygen atoms in total. The smallest absolute Gasteiger partial charge is 0.318 e. The molecular formula is C29H32N4O2. The number of rotatable bonds is 8. The molecule has 4 N–H and O–H groups in total. The molecule has 3 aromatic rings. The van der Waals surface area contributed by atoms with Crippen molar-refractivity contribution in [1.29, 1.82) is 0 Å². The number of nitrogens with one attached hydrogen (secondary N) is 2. The lowest BCUT2D eigenvalue weighted by Gasteiger charge is -2.29. The van der Waals surface area contributed by atoms with Crippen molar-refractivity contribution in [3.05, 3.63) is 102 Å². The summed E-state index contributed by atoms with van der Waals surface area (Å²) in [6, 6.07) is 25.3. The highest BCUT2D eigenvalue weighted by atomic mass is 16.2. The van der Waals surface area contributed by atoms with Crippen molar-refractivity contribution in [3.8, 4) is 0 Å². The summed E-state index contributed by atoms with van der Waals surface area (Å²) in [5.74, 6) is -0.241. The Balaban J connectivity index is 1.36. The van der Waals surface area contributed by atoms with Gasteiger partial charge in [-0.1, -0.05) is 79.6 Å². The third-order valence-corrected chi connectivity index (χ3v) is 6.29. The van der Waals surface area contributed by atoms with Gasteiger partial charge >= 0.3 is 6.03 Å². The highest BCUT2D eigenvalue weighted by Crippen LogP contribution is 2.25. The zero-order valence-corrected chi connectivity index (χ0v) is 19.8. The Morgan fingerprint density at radius 2 is 1.57 bits per heavy atom. The van der Waals surface area contributed by atoms with E-state index in [2.05, 4.69) is 10.6 Å². The van der Waals surface area contributed by atoms with Gasteiger partial charge in [-0.3, -0.25) is 4.79 Å². The van der Waals surface area contributed by atoms with Crippen molar-refractivity contribution in [3.63, 3.8) is 0 Å². The van der Waals surface area contributed by atoms with Gasteiger partial charge in [0.25, 0.3) is 0 Å². The van der Waals surface area contributed by atoms with E-state index in [4.69, 9.17) is 5.73 Å². The number of nitrogens with two attached hydrogens (primary N) is 1. The first kappa shape index (κ1) is 24.1. The van der Waals surface area contributed by atoms with E-state index >= 15 is 0 Å². The van der Waals surface area contributed by atoms with Crippen LogP contribution in [0.5, 0.6) is 0 Å². The highest BCUT2D eigenvalue weighted by Gasteiger charge is 2.26. The fraction of sp³-hybridized carbons (Fsp3) is 0.241. The van der Waals surface area contributed by atoms with Crippen molar-refractivity contribution in [1.82, 2.24) is 10.2 Å².